The second-order valence-corrected chi connectivity index (χ2v) is 4.64. The number of carboxylic acid groups (broad SMARTS) is 1. The van der Waals surface area contributed by atoms with E-state index in [-0.39, 0.29) is 12.6 Å². The van der Waals surface area contributed by atoms with Crippen LogP contribution in [-0.2, 0) is 9.53 Å². The first kappa shape index (κ1) is 15.0. The molecule has 0 fully saturated rings. The number of hydrogen-bond acceptors (Lipinski definition) is 3. The lowest BCUT2D eigenvalue weighted by Crippen LogP contribution is -2.43. The minimum Gasteiger partial charge on any atom is -0.480 e. The predicted octanol–water partition coefficient (Wildman–Crippen LogP) is 2.43. The maximum atomic E-state index is 11.2. The lowest BCUT2D eigenvalue weighted by Gasteiger charge is -2.30. The number of benzene rings is 1. The van der Waals surface area contributed by atoms with Crippen LogP contribution in [0.4, 0.5) is 0 Å². The van der Waals surface area contributed by atoms with Gasteiger partial charge in [0.2, 0.25) is 0 Å². The fourth-order valence-corrected chi connectivity index (χ4v) is 1.89. The molecule has 1 aromatic carbocycles. The number of ether oxygens (including phenoxy) is 1. The van der Waals surface area contributed by atoms with Gasteiger partial charge in [-0.05, 0) is 31.7 Å². The van der Waals surface area contributed by atoms with Crippen LogP contribution < -0.4 is 0 Å². The van der Waals surface area contributed by atoms with Crippen LogP contribution in [-0.4, -0.2) is 42.8 Å². The molecule has 0 aliphatic rings. The summed E-state index contributed by atoms with van der Waals surface area (Å²) in [6.45, 7) is 2.11. The Bertz CT molecular complexity index is 394. The lowest BCUT2D eigenvalue weighted by molar-refractivity contribution is -0.145. The van der Waals surface area contributed by atoms with E-state index in [1.807, 2.05) is 19.1 Å². The molecule has 1 N–H and O–H groups in total. The zero-order valence-electron chi connectivity index (χ0n) is 10.8. The molecular weight excluding hydrogens is 254 g/mol. The number of methoxy groups -OCH3 is 1. The van der Waals surface area contributed by atoms with Gasteiger partial charge in [0.1, 0.15) is 6.04 Å². The molecule has 0 saturated heterocycles. The van der Waals surface area contributed by atoms with Gasteiger partial charge in [0.05, 0.1) is 6.61 Å². The Balaban J connectivity index is 2.84. The Morgan fingerprint density at radius 1 is 1.44 bits per heavy atom. The largest absolute Gasteiger partial charge is 0.480 e. The summed E-state index contributed by atoms with van der Waals surface area (Å²) in [6.07, 6.45) is 0. The molecule has 0 bridgehead atoms. The first-order valence-corrected chi connectivity index (χ1v) is 6.04. The number of halogens is 1. The van der Waals surface area contributed by atoms with Crippen molar-refractivity contribution in [3.05, 3.63) is 34.9 Å². The number of nitrogens with zero attached hydrogens (tertiary/aromatic N) is 1. The van der Waals surface area contributed by atoms with Crippen molar-refractivity contribution in [3.8, 4) is 0 Å². The molecule has 0 aromatic heterocycles. The third kappa shape index (κ3) is 3.70. The average Bonchev–Trinajstić information content (AvgIpc) is 2.35. The number of hydrogen-bond donors (Lipinski definition) is 1. The van der Waals surface area contributed by atoms with Gasteiger partial charge in [-0.3, -0.25) is 9.69 Å². The van der Waals surface area contributed by atoms with Crippen LogP contribution in [0.3, 0.4) is 0 Å². The van der Waals surface area contributed by atoms with E-state index in [1.165, 1.54) is 7.11 Å². The highest BCUT2D eigenvalue weighted by molar-refractivity contribution is 6.30. The highest BCUT2D eigenvalue weighted by atomic mass is 35.5. The van der Waals surface area contributed by atoms with E-state index in [9.17, 15) is 9.90 Å². The summed E-state index contributed by atoms with van der Waals surface area (Å²) in [5.41, 5.74) is 1.02. The summed E-state index contributed by atoms with van der Waals surface area (Å²) in [6, 6.07) is 6.70. The molecule has 2 unspecified atom stereocenters. The molecule has 1 rings (SSSR count). The van der Waals surface area contributed by atoms with Crippen LogP contribution in [0.5, 0.6) is 0 Å². The van der Waals surface area contributed by atoms with Crippen molar-refractivity contribution in [1.82, 2.24) is 4.90 Å². The maximum absolute atomic E-state index is 11.2. The van der Waals surface area contributed by atoms with Crippen molar-refractivity contribution >= 4 is 17.6 Å². The van der Waals surface area contributed by atoms with Crippen LogP contribution in [0.1, 0.15) is 18.5 Å². The molecule has 0 heterocycles. The van der Waals surface area contributed by atoms with Crippen molar-refractivity contribution in [2.75, 3.05) is 20.8 Å². The standard InChI is InChI=1S/C13H18ClNO3/c1-9(10-4-6-11(14)7-5-10)15(2)12(8-18-3)13(16)17/h4-7,9,12H,8H2,1-3H3,(H,16,17). The van der Waals surface area contributed by atoms with Gasteiger partial charge in [-0.15, -0.1) is 0 Å². The number of carbonyl (C=O) groups is 1. The summed E-state index contributed by atoms with van der Waals surface area (Å²) < 4.78 is 4.95. The normalized spacial score (nSPS) is 14.5. The van der Waals surface area contributed by atoms with Crippen molar-refractivity contribution in [2.24, 2.45) is 0 Å². The molecule has 100 valence electrons. The highest BCUT2D eigenvalue weighted by Crippen LogP contribution is 2.22. The Labute approximate surface area is 112 Å². The van der Waals surface area contributed by atoms with E-state index in [1.54, 1.807) is 24.1 Å². The van der Waals surface area contributed by atoms with E-state index < -0.39 is 12.0 Å². The summed E-state index contributed by atoms with van der Waals surface area (Å²) in [4.78, 5) is 13.0. The van der Waals surface area contributed by atoms with Gasteiger partial charge in [-0.1, -0.05) is 23.7 Å². The second-order valence-electron chi connectivity index (χ2n) is 4.20. The molecule has 5 heteroatoms. The van der Waals surface area contributed by atoms with Crippen LogP contribution >= 0.6 is 11.6 Å². The molecule has 18 heavy (non-hydrogen) atoms. The smallest absolute Gasteiger partial charge is 0.323 e. The molecule has 0 aliphatic heterocycles. The van der Waals surface area contributed by atoms with Gasteiger partial charge in [0.25, 0.3) is 0 Å². The molecule has 0 spiro atoms. The Hall–Kier alpha value is -1.10. The van der Waals surface area contributed by atoms with Crippen molar-refractivity contribution < 1.29 is 14.6 Å². The van der Waals surface area contributed by atoms with Gasteiger partial charge >= 0.3 is 5.97 Å². The van der Waals surface area contributed by atoms with Gasteiger partial charge in [0.15, 0.2) is 0 Å². The number of rotatable bonds is 6. The van der Waals surface area contributed by atoms with E-state index in [0.29, 0.717) is 5.02 Å². The number of likely N-dealkylation sites (N-methyl/N-ethyl adjacent to an activating group) is 1. The minimum absolute atomic E-state index is 0.0292. The fraction of sp³-hybridized carbons (Fsp3) is 0.462. The Morgan fingerprint density at radius 2 is 2.00 bits per heavy atom. The van der Waals surface area contributed by atoms with Crippen LogP contribution in [0.2, 0.25) is 5.02 Å². The Kier molecular flexibility index (Phi) is 5.59. The van der Waals surface area contributed by atoms with E-state index >= 15 is 0 Å². The van der Waals surface area contributed by atoms with Crippen LogP contribution in [0, 0.1) is 0 Å². The molecule has 0 saturated carbocycles. The monoisotopic (exact) mass is 271 g/mol. The summed E-state index contributed by atoms with van der Waals surface area (Å²) in [5, 5.41) is 9.84. The lowest BCUT2D eigenvalue weighted by atomic mass is 10.1. The van der Waals surface area contributed by atoms with Crippen LogP contribution in [0.25, 0.3) is 0 Å². The summed E-state index contributed by atoms with van der Waals surface area (Å²) in [5.74, 6) is -0.889. The topological polar surface area (TPSA) is 49.8 Å². The molecule has 0 amide bonds. The molecule has 1 aromatic rings. The first-order valence-electron chi connectivity index (χ1n) is 5.66. The molecular formula is C13H18ClNO3. The van der Waals surface area contributed by atoms with Gasteiger partial charge in [-0.25, -0.2) is 0 Å². The van der Waals surface area contributed by atoms with Crippen molar-refractivity contribution in [3.63, 3.8) is 0 Å². The Morgan fingerprint density at radius 3 is 2.44 bits per heavy atom. The zero-order chi connectivity index (χ0) is 13.7. The quantitative estimate of drug-likeness (QED) is 0.863. The van der Waals surface area contributed by atoms with Crippen molar-refractivity contribution in [2.45, 2.75) is 19.0 Å². The van der Waals surface area contributed by atoms with Gasteiger partial charge in [0, 0.05) is 18.2 Å². The summed E-state index contributed by atoms with van der Waals surface area (Å²) >= 11 is 5.83. The highest BCUT2D eigenvalue weighted by Gasteiger charge is 2.26. The average molecular weight is 272 g/mol. The minimum atomic E-state index is -0.889. The maximum Gasteiger partial charge on any atom is 0.323 e. The van der Waals surface area contributed by atoms with Gasteiger partial charge < -0.3 is 9.84 Å². The van der Waals surface area contributed by atoms with E-state index in [2.05, 4.69) is 0 Å². The summed E-state index contributed by atoms with van der Waals surface area (Å²) in [7, 11) is 3.27. The number of aliphatic carboxylic acids is 1. The predicted molar refractivity (Wildman–Crippen MR) is 70.9 cm³/mol. The molecule has 2 atom stereocenters. The van der Waals surface area contributed by atoms with Crippen LogP contribution in [0.15, 0.2) is 24.3 Å². The van der Waals surface area contributed by atoms with E-state index in [0.717, 1.165) is 5.56 Å². The third-order valence-electron chi connectivity index (χ3n) is 3.06. The van der Waals surface area contributed by atoms with E-state index in [4.69, 9.17) is 16.3 Å². The SMILES string of the molecule is COCC(C(=O)O)N(C)C(C)c1ccc(Cl)cc1. The molecule has 0 radical (unpaired) electrons. The number of carboxylic acids is 1. The fourth-order valence-electron chi connectivity index (χ4n) is 1.77. The first-order chi connectivity index (χ1) is 8.47. The van der Waals surface area contributed by atoms with Crippen molar-refractivity contribution in [1.29, 1.82) is 0 Å². The third-order valence-corrected chi connectivity index (χ3v) is 3.32. The van der Waals surface area contributed by atoms with Gasteiger partial charge in [-0.2, -0.15) is 0 Å². The molecule has 4 nitrogen and oxygen atoms in total. The second kappa shape index (κ2) is 6.73. The zero-order valence-corrected chi connectivity index (χ0v) is 11.5. The molecule has 0 aliphatic carbocycles.